The predicted octanol–water partition coefficient (Wildman–Crippen LogP) is 3.72. The van der Waals surface area contributed by atoms with Gasteiger partial charge in [-0.15, -0.1) is 0 Å². The van der Waals surface area contributed by atoms with E-state index in [1.807, 2.05) is 6.07 Å². The van der Waals surface area contributed by atoms with E-state index in [4.69, 9.17) is 25.8 Å². The normalized spacial score (nSPS) is 10.5. The summed E-state index contributed by atoms with van der Waals surface area (Å²) in [6, 6.07) is 5.44. The molecule has 0 atom stereocenters. The first-order chi connectivity index (χ1) is 10.1. The van der Waals surface area contributed by atoms with E-state index in [1.54, 1.807) is 33.5 Å². The minimum atomic E-state index is 0.335. The Bertz CT molecular complexity index is 652. The predicted molar refractivity (Wildman–Crippen MR) is 84.0 cm³/mol. The minimum Gasteiger partial charge on any atom is -0.493 e. The Labute approximate surface area is 136 Å². The van der Waals surface area contributed by atoms with E-state index in [0.717, 1.165) is 5.56 Å². The molecule has 1 heterocycles. The quantitative estimate of drug-likeness (QED) is 0.748. The summed E-state index contributed by atoms with van der Waals surface area (Å²) in [6.45, 7) is 0.336. The molecule has 1 aromatic carbocycles. The van der Waals surface area contributed by atoms with Gasteiger partial charge in [-0.3, -0.25) is 0 Å². The highest BCUT2D eigenvalue weighted by Crippen LogP contribution is 2.33. The van der Waals surface area contributed by atoms with E-state index in [2.05, 4.69) is 25.9 Å². The van der Waals surface area contributed by atoms with Crippen molar-refractivity contribution in [3.8, 4) is 22.9 Å². The molecule has 2 aromatic rings. The molecule has 112 valence electrons. The van der Waals surface area contributed by atoms with Gasteiger partial charge < -0.3 is 14.2 Å². The Morgan fingerprint density at radius 3 is 2.43 bits per heavy atom. The van der Waals surface area contributed by atoms with Crippen molar-refractivity contribution in [2.45, 2.75) is 6.61 Å². The molecule has 0 amide bonds. The number of hydrogen-bond acceptors (Lipinski definition) is 5. The van der Waals surface area contributed by atoms with Gasteiger partial charge >= 0.3 is 0 Å². The van der Waals surface area contributed by atoms with Crippen molar-refractivity contribution in [2.24, 2.45) is 0 Å². The topological polar surface area (TPSA) is 53.5 Å². The molecule has 0 aliphatic rings. The van der Waals surface area contributed by atoms with Crippen LogP contribution in [0.3, 0.4) is 0 Å². The lowest BCUT2D eigenvalue weighted by Gasteiger charge is -2.11. The fourth-order valence-corrected chi connectivity index (χ4v) is 2.28. The van der Waals surface area contributed by atoms with Crippen molar-refractivity contribution in [3.05, 3.63) is 33.5 Å². The van der Waals surface area contributed by atoms with Crippen molar-refractivity contribution >= 4 is 27.5 Å². The van der Waals surface area contributed by atoms with Gasteiger partial charge in [-0.2, -0.15) is 0 Å². The molecule has 0 unspecified atom stereocenters. The number of halogens is 2. The summed E-state index contributed by atoms with van der Waals surface area (Å²) >= 11 is 9.48. The highest BCUT2D eigenvalue weighted by Gasteiger charge is 2.14. The summed E-state index contributed by atoms with van der Waals surface area (Å²) in [4.78, 5) is 8.73. The zero-order chi connectivity index (χ0) is 15.4. The Balaban J connectivity index is 2.51. The molecule has 0 fully saturated rings. The fourth-order valence-electron chi connectivity index (χ4n) is 1.80. The summed E-state index contributed by atoms with van der Waals surface area (Å²) in [5.74, 6) is 1.74. The third-order valence-electron chi connectivity index (χ3n) is 2.80. The van der Waals surface area contributed by atoms with Gasteiger partial charge in [0.05, 0.1) is 31.0 Å². The van der Waals surface area contributed by atoms with Crippen molar-refractivity contribution in [1.82, 2.24) is 9.97 Å². The van der Waals surface area contributed by atoms with Gasteiger partial charge in [-0.1, -0.05) is 11.6 Å². The zero-order valence-electron chi connectivity index (χ0n) is 11.8. The van der Waals surface area contributed by atoms with Gasteiger partial charge in [0.1, 0.15) is 5.15 Å². The molecule has 0 aliphatic carbocycles. The Morgan fingerprint density at radius 2 is 1.81 bits per heavy atom. The number of methoxy groups -OCH3 is 3. The van der Waals surface area contributed by atoms with Crippen molar-refractivity contribution < 1.29 is 14.2 Å². The van der Waals surface area contributed by atoms with Crippen LogP contribution in [-0.2, 0) is 11.3 Å². The molecule has 0 saturated heterocycles. The first kappa shape index (κ1) is 16.0. The largest absolute Gasteiger partial charge is 0.493 e. The molecule has 5 nitrogen and oxygen atoms in total. The summed E-state index contributed by atoms with van der Waals surface area (Å²) < 4.78 is 16.2. The SMILES string of the molecule is COCc1nc(-c2ccc(OC)c(OC)c2)nc(Cl)c1Br. The van der Waals surface area contributed by atoms with Crippen LogP contribution < -0.4 is 9.47 Å². The van der Waals surface area contributed by atoms with Crippen molar-refractivity contribution in [1.29, 1.82) is 0 Å². The van der Waals surface area contributed by atoms with Crippen LogP contribution in [0.1, 0.15) is 5.69 Å². The Morgan fingerprint density at radius 1 is 1.10 bits per heavy atom. The molecule has 0 saturated carbocycles. The molecule has 0 radical (unpaired) electrons. The van der Waals surface area contributed by atoms with Crippen LogP contribution >= 0.6 is 27.5 Å². The van der Waals surface area contributed by atoms with E-state index in [1.165, 1.54) is 0 Å². The molecule has 0 N–H and O–H groups in total. The second-order valence-corrected chi connectivity index (χ2v) is 5.25. The smallest absolute Gasteiger partial charge is 0.161 e. The summed E-state index contributed by atoms with van der Waals surface area (Å²) in [5, 5.41) is 0.335. The van der Waals surface area contributed by atoms with E-state index in [-0.39, 0.29) is 0 Å². The zero-order valence-corrected chi connectivity index (χ0v) is 14.2. The number of benzene rings is 1. The molecular weight excluding hydrogens is 360 g/mol. The highest BCUT2D eigenvalue weighted by molar-refractivity contribution is 9.10. The van der Waals surface area contributed by atoms with E-state index < -0.39 is 0 Å². The maximum Gasteiger partial charge on any atom is 0.161 e. The first-order valence-electron chi connectivity index (χ1n) is 6.04. The summed E-state index contributed by atoms with van der Waals surface area (Å²) in [6.07, 6.45) is 0. The molecule has 0 aliphatic heterocycles. The van der Waals surface area contributed by atoms with Crippen LogP contribution in [0.25, 0.3) is 11.4 Å². The van der Waals surface area contributed by atoms with Gasteiger partial charge in [0.25, 0.3) is 0 Å². The second kappa shape index (κ2) is 7.06. The molecule has 7 heteroatoms. The van der Waals surface area contributed by atoms with Gasteiger partial charge in [-0.05, 0) is 34.1 Å². The Kier molecular flexibility index (Phi) is 5.39. The van der Waals surface area contributed by atoms with Gasteiger partial charge in [-0.25, -0.2) is 9.97 Å². The van der Waals surface area contributed by atoms with Crippen LogP contribution in [-0.4, -0.2) is 31.3 Å². The van der Waals surface area contributed by atoms with Crippen LogP contribution in [0, 0.1) is 0 Å². The molecule has 21 heavy (non-hydrogen) atoms. The van der Waals surface area contributed by atoms with Crippen LogP contribution in [0.2, 0.25) is 5.15 Å². The van der Waals surface area contributed by atoms with E-state index >= 15 is 0 Å². The molecule has 0 bridgehead atoms. The van der Waals surface area contributed by atoms with Crippen LogP contribution in [0.15, 0.2) is 22.7 Å². The lowest BCUT2D eigenvalue weighted by Crippen LogP contribution is -2.00. The average molecular weight is 374 g/mol. The standard InChI is InChI=1S/C14H14BrClN2O3/c1-19-7-9-12(15)13(16)18-14(17-9)8-4-5-10(20-2)11(6-8)21-3/h4-6H,7H2,1-3H3. The third kappa shape index (κ3) is 3.45. The fraction of sp³-hybridized carbons (Fsp3) is 0.286. The van der Waals surface area contributed by atoms with Gasteiger partial charge in [0.2, 0.25) is 0 Å². The first-order valence-corrected chi connectivity index (χ1v) is 7.21. The minimum absolute atomic E-state index is 0.335. The highest BCUT2D eigenvalue weighted by atomic mass is 79.9. The molecular formula is C14H14BrClN2O3. The average Bonchev–Trinajstić information content (AvgIpc) is 2.51. The van der Waals surface area contributed by atoms with E-state index in [0.29, 0.717) is 39.3 Å². The number of hydrogen-bond donors (Lipinski definition) is 0. The molecule has 2 rings (SSSR count). The summed E-state index contributed by atoms with van der Waals surface area (Å²) in [7, 11) is 4.76. The number of aromatic nitrogens is 2. The molecule has 0 spiro atoms. The van der Waals surface area contributed by atoms with Crippen LogP contribution in [0.5, 0.6) is 11.5 Å². The lowest BCUT2D eigenvalue weighted by atomic mass is 10.2. The van der Waals surface area contributed by atoms with Crippen molar-refractivity contribution in [2.75, 3.05) is 21.3 Å². The van der Waals surface area contributed by atoms with Crippen molar-refractivity contribution in [3.63, 3.8) is 0 Å². The monoisotopic (exact) mass is 372 g/mol. The Hall–Kier alpha value is -1.37. The van der Waals surface area contributed by atoms with Gasteiger partial charge in [0.15, 0.2) is 17.3 Å². The maximum absolute atomic E-state index is 6.13. The molecule has 1 aromatic heterocycles. The number of ether oxygens (including phenoxy) is 3. The maximum atomic E-state index is 6.13. The van der Waals surface area contributed by atoms with E-state index in [9.17, 15) is 0 Å². The van der Waals surface area contributed by atoms with Crippen LogP contribution in [0.4, 0.5) is 0 Å². The number of nitrogens with zero attached hydrogens (tertiary/aromatic N) is 2. The lowest BCUT2D eigenvalue weighted by molar-refractivity contribution is 0.181. The summed E-state index contributed by atoms with van der Waals surface area (Å²) in [5.41, 5.74) is 1.46. The second-order valence-electron chi connectivity index (χ2n) is 4.10. The third-order valence-corrected chi connectivity index (χ3v) is 4.14. The van der Waals surface area contributed by atoms with Gasteiger partial charge in [0, 0.05) is 12.7 Å². The number of rotatable bonds is 5.